The first-order chi connectivity index (χ1) is 11.1. The number of amides is 1. The molecule has 0 aliphatic heterocycles. The van der Waals surface area contributed by atoms with E-state index in [1.165, 1.54) is 11.8 Å². The number of aromatic nitrogens is 4. The molecule has 1 N–H and O–H groups in total. The fourth-order valence-corrected chi connectivity index (χ4v) is 2.71. The van der Waals surface area contributed by atoms with Gasteiger partial charge in [-0.1, -0.05) is 23.9 Å². The molecule has 1 amide bonds. The van der Waals surface area contributed by atoms with Crippen LogP contribution in [0.4, 0.5) is 0 Å². The molecule has 0 aliphatic carbocycles. The van der Waals surface area contributed by atoms with Crippen LogP contribution in [-0.4, -0.2) is 52.1 Å². The van der Waals surface area contributed by atoms with Crippen molar-refractivity contribution in [2.45, 2.75) is 25.4 Å². The number of thioether (sulfide) groups is 1. The van der Waals surface area contributed by atoms with E-state index in [0.717, 1.165) is 23.2 Å². The van der Waals surface area contributed by atoms with E-state index in [2.05, 4.69) is 20.8 Å². The minimum absolute atomic E-state index is 0.0402. The third-order valence-electron chi connectivity index (χ3n) is 3.21. The average molecular weight is 335 g/mol. The molecule has 2 aromatic rings. The van der Waals surface area contributed by atoms with Gasteiger partial charge in [0.15, 0.2) is 0 Å². The van der Waals surface area contributed by atoms with Crippen LogP contribution in [0.5, 0.6) is 0 Å². The fourth-order valence-electron chi connectivity index (χ4n) is 1.99. The largest absolute Gasteiger partial charge is 0.385 e. The van der Waals surface area contributed by atoms with Crippen molar-refractivity contribution in [3.63, 3.8) is 0 Å². The molecule has 0 atom stereocenters. The second-order valence-corrected chi connectivity index (χ2v) is 6.09. The molecule has 0 aliphatic rings. The molecule has 1 aromatic carbocycles. The summed E-state index contributed by atoms with van der Waals surface area (Å²) in [7, 11) is 1.64. The van der Waals surface area contributed by atoms with Gasteiger partial charge >= 0.3 is 0 Å². The highest BCUT2D eigenvalue weighted by molar-refractivity contribution is 7.99. The number of rotatable bonds is 8. The van der Waals surface area contributed by atoms with Crippen LogP contribution in [0.25, 0.3) is 5.69 Å². The molecule has 0 unspecified atom stereocenters. The lowest BCUT2D eigenvalue weighted by atomic mass is 10.1. The van der Waals surface area contributed by atoms with Crippen molar-refractivity contribution in [1.29, 1.82) is 0 Å². The number of hydrogen-bond acceptors (Lipinski definition) is 6. The van der Waals surface area contributed by atoms with E-state index in [-0.39, 0.29) is 11.7 Å². The number of tetrazole rings is 1. The van der Waals surface area contributed by atoms with Crippen molar-refractivity contribution < 1.29 is 9.53 Å². The summed E-state index contributed by atoms with van der Waals surface area (Å²) in [5, 5.41) is 15.2. The monoisotopic (exact) mass is 335 g/mol. The maximum absolute atomic E-state index is 11.8. The molecule has 0 fully saturated rings. The maximum Gasteiger partial charge on any atom is 0.230 e. The standard InChI is InChI=1S/C15H21N5O2S/c1-11-5-6-12(2)13(9-11)20-15(17-18-19-20)23-10-14(21)16-7-4-8-22-3/h5-6,9H,4,7-8,10H2,1-3H3,(H,16,21). The summed E-state index contributed by atoms with van der Waals surface area (Å²) in [5.41, 5.74) is 3.14. The Morgan fingerprint density at radius 3 is 3.00 bits per heavy atom. The van der Waals surface area contributed by atoms with Gasteiger partial charge in [-0.3, -0.25) is 4.79 Å². The molecular formula is C15H21N5O2S. The quantitative estimate of drug-likeness (QED) is 0.582. The second kappa shape index (κ2) is 8.64. The van der Waals surface area contributed by atoms with Crippen LogP contribution in [0.2, 0.25) is 0 Å². The molecule has 0 radical (unpaired) electrons. The van der Waals surface area contributed by atoms with Gasteiger partial charge in [0.05, 0.1) is 11.4 Å². The second-order valence-electron chi connectivity index (χ2n) is 5.15. The molecule has 7 nitrogen and oxygen atoms in total. The maximum atomic E-state index is 11.8. The first-order valence-corrected chi connectivity index (χ1v) is 8.35. The summed E-state index contributed by atoms with van der Waals surface area (Å²) in [6, 6.07) is 6.10. The van der Waals surface area contributed by atoms with E-state index in [0.29, 0.717) is 18.3 Å². The molecule has 23 heavy (non-hydrogen) atoms. The topological polar surface area (TPSA) is 81.9 Å². The Bertz CT molecular complexity index is 659. The van der Waals surface area contributed by atoms with Gasteiger partial charge in [-0.15, -0.1) is 5.10 Å². The molecule has 0 saturated heterocycles. The van der Waals surface area contributed by atoms with Crippen molar-refractivity contribution in [1.82, 2.24) is 25.5 Å². The summed E-state index contributed by atoms with van der Waals surface area (Å²) >= 11 is 1.32. The van der Waals surface area contributed by atoms with Crippen molar-refractivity contribution in [2.75, 3.05) is 26.0 Å². The van der Waals surface area contributed by atoms with Crippen LogP contribution in [0.3, 0.4) is 0 Å². The summed E-state index contributed by atoms with van der Waals surface area (Å²) < 4.78 is 6.61. The van der Waals surface area contributed by atoms with Crippen LogP contribution in [0.15, 0.2) is 23.4 Å². The van der Waals surface area contributed by atoms with Gasteiger partial charge in [0.2, 0.25) is 11.1 Å². The first-order valence-electron chi connectivity index (χ1n) is 7.36. The molecule has 0 spiro atoms. The van der Waals surface area contributed by atoms with E-state index in [4.69, 9.17) is 4.74 Å². The molecule has 0 saturated carbocycles. The third kappa shape index (κ3) is 5.04. The number of ether oxygens (including phenoxy) is 1. The van der Waals surface area contributed by atoms with Crippen LogP contribution in [0, 0.1) is 13.8 Å². The first kappa shape index (κ1) is 17.4. The Morgan fingerprint density at radius 2 is 2.22 bits per heavy atom. The van der Waals surface area contributed by atoms with E-state index < -0.39 is 0 Å². The lowest BCUT2D eigenvalue weighted by Gasteiger charge is -2.08. The molecule has 8 heteroatoms. The lowest BCUT2D eigenvalue weighted by molar-refractivity contribution is -0.118. The minimum atomic E-state index is -0.0402. The number of aryl methyl sites for hydroxylation is 2. The highest BCUT2D eigenvalue weighted by atomic mass is 32.2. The average Bonchev–Trinajstić information content (AvgIpc) is 3.00. The van der Waals surface area contributed by atoms with Crippen molar-refractivity contribution in [3.05, 3.63) is 29.3 Å². The van der Waals surface area contributed by atoms with Crippen molar-refractivity contribution in [3.8, 4) is 5.69 Å². The molecule has 1 aromatic heterocycles. The number of nitrogens with zero attached hydrogens (tertiary/aromatic N) is 4. The van der Waals surface area contributed by atoms with E-state index in [1.54, 1.807) is 11.8 Å². The van der Waals surface area contributed by atoms with E-state index in [9.17, 15) is 4.79 Å². The minimum Gasteiger partial charge on any atom is -0.385 e. The Kier molecular flexibility index (Phi) is 6.54. The Balaban J connectivity index is 1.96. The van der Waals surface area contributed by atoms with E-state index in [1.807, 2.05) is 32.0 Å². The lowest BCUT2D eigenvalue weighted by Crippen LogP contribution is -2.27. The van der Waals surface area contributed by atoms with Crippen LogP contribution < -0.4 is 5.32 Å². The zero-order chi connectivity index (χ0) is 16.7. The van der Waals surface area contributed by atoms with Crippen LogP contribution in [-0.2, 0) is 9.53 Å². The highest BCUT2D eigenvalue weighted by Gasteiger charge is 2.13. The Labute approximate surface area is 139 Å². The number of nitrogens with one attached hydrogen (secondary N) is 1. The smallest absolute Gasteiger partial charge is 0.230 e. The summed E-state index contributed by atoms with van der Waals surface area (Å²) in [5.74, 6) is 0.236. The number of benzene rings is 1. The SMILES string of the molecule is COCCCNC(=O)CSc1nnnn1-c1cc(C)ccc1C. The van der Waals surface area contributed by atoms with Gasteiger partial charge in [0.1, 0.15) is 0 Å². The molecule has 2 rings (SSSR count). The number of carbonyl (C=O) groups is 1. The van der Waals surface area contributed by atoms with Gasteiger partial charge in [-0.05, 0) is 47.9 Å². The molecule has 0 bridgehead atoms. The fraction of sp³-hybridized carbons (Fsp3) is 0.467. The van der Waals surface area contributed by atoms with Crippen LogP contribution >= 0.6 is 11.8 Å². The normalized spacial score (nSPS) is 10.7. The zero-order valence-corrected chi connectivity index (χ0v) is 14.4. The van der Waals surface area contributed by atoms with Crippen LogP contribution in [0.1, 0.15) is 17.5 Å². The van der Waals surface area contributed by atoms with Gasteiger partial charge in [0.25, 0.3) is 0 Å². The van der Waals surface area contributed by atoms with Crippen molar-refractivity contribution in [2.24, 2.45) is 0 Å². The molecular weight excluding hydrogens is 314 g/mol. The Morgan fingerprint density at radius 1 is 1.39 bits per heavy atom. The Hall–Kier alpha value is -1.93. The number of hydrogen-bond donors (Lipinski definition) is 1. The number of carbonyl (C=O) groups excluding carboxylic acids is 1. The van der Waals surface area contributed by atoms with Crippen molar-refractivity contribution >= 4 is 17.7 Å². The zero-order valence-electron chi connectivity index (χ0n) is 13.6. The van der Waals surface area contributed by atoms with Gasteiger partial charge in [-0.25, -0.2) is 0 Å². The van der Waals surface area contributed by atoms with Gasteiger partial charge in [0, 0.05) is 20.3 Å². The number of methoxy groups -OCH3 is 1. The third-order valence-corrected chi connectivity index (χ3v) is 4.13. The highest BCUT2D eigenvalue weighted by Crippen LogP contribution is 2.21. The predicted octanol–water partition coefficient (Wildman–Crippen LogP) is 1.52. The molecule has 124 valence electrons. The van der Waals surface area contributed by atoms with Gasteiger partial charge < -0.3 is 10.1 Å². The van der Waals surface area contributed by atoms with Gasteiger partial charge in [-0.2, -0.15) is 4.68 Å². The van der Waals surface area contributed by atoms with E-state index >= 15 is 0 Å². The summed E-state index contributed by atoms with van der Waals surface area (Å²) in [6.07, 6.45) is 0.799. The summed E-state index contributed by atoms with van der Waals surface area (Å²) in [4.78, 5) is 11.8. The molecule has 1 heterocycles. The predicted molar refractivity (Wildman–Crippen MR) is 88.9 cm³/mol. The summed E-state index contributed by atoms with van der Waals surface area (Å²) in [6.45, 7) is 5.27.